The first kappa shape index (κ1) is 31.9. The first-order valence-electron chi connectivity index (χ1n) is 16.8. The van der Waals surface area contributed by atoms with E-state index in [1.807, 2.05) is 24.2 Å². The van der Waals surface area contributed by atoms with Gasteiger partial charge in [0.2, 0.25) is 0 Å². The maximum atomic E-state index is 14.1. The average Bonchev–Trinajstić information content (AvgIpc) is 3.72. The molecule has 2 saturated heterocycles. The number of anilines is 2. The lowest BCUT2D eigenvalue weighted by molar-refractivity contribution is -0.138. The summed E-state index contributed by atoms with van der Waals surface area (Å²) in [6.45, 7) is 8.76. The molecule has 0 radical (unpaired) electrons. The zero-order valence-corrected chi connectivity index (χ0v) is 28.5. The normalized spacial score (nSPS) is 24.9. The SMILES string of the molecule is Cc1cccc2cncc(N3CCc4c(nc(OCC5S[C@]5(C)N(C)C5CCC5)nc4N4CCN(C(=O)C(C)F)[C@@H](CC#N)C4)C3)c12. The average molecular weight is 659 g/mol. The number of pyridine rings is 1. The summed E-state index contributed by atoms with van der Waals surface area (Å²) < 4.78 is 20.5. The predicted octanol–water partition coefficient (Wildman–Crippen LogP) is 4.88. The first-order chi connectivity index (χ1) is 22.7. The molecule has 2 unspecified atom stereocenters. The molecular formula is C35H43FN8O2S. The summed E-state index contributed by atoms with van der Waals surface area (Å²) in [4.78, 5) is 35.8. The molecule has 4 aliphatic rings. The Bertz CT molecular complexity index is 1710. The number of ether oxygens (including phenoxy) is 1. The molecule has 5 heterocycles. The summed E-state index contributed by atoms with van der Waals surface area (Å²) in [7, 11) is 2.23. The molecule has 47 heavy (non-hydrogen) atoms. The summed E-state index contributed by atoms with van der Waals surface area (Å²) in [5, 5.41) is 12.2. The van der Waals surface area contributed by atoms with Crippen molar-refractivity contribution in [2.24, 2.45) is 0 Å². The quantitative estimate of drug-likeness (QED) is 0.296. The van der Waals surface area contributed by atoms with Crippen LogP contribution < -0.4 is 14.5 Å². The van der Waals surface area contributed by atoms with Gasteiger partial charge in [0.15, 0.2) is 6.17 Å². The molecule has 1 saturated carbocycles. The first-order valence-corrected chi connectivity index (χ1v) is 17.6. The highest BCUT2D eigenvalue weighted by atomic mass is 32.2. The van der Waals surface area contributed by atoms with Crippen LogP contribution in [0.1, 0.15) is 56.4 Å². The molecule has 1 aliphatic carbocycles. The molecular weight excluding hydrogens is 616 g/mol. The lowest BCUT2D eigenvalue weighted by atomic mass is 9.90. The number of aryl methyl sites for hydroxylation is 1. The summed E-state index contributed by atoms with van der Waals surface area (Å²) >= 11 is 1.94. The van der Waals surface area contributed by atoms with Gasteiger partial charge in [0, 0.05) is 54.8 Å². The fourth-order valence-electron chi connectivity index (χ4n) is 7.45. The van der Waals surface area contributed by atoms with Crippen molar-refractivity contribution in [2.75, 3.05) is 49.6 Å². The van der Waals surface area contributed by atoms with E-state index in [1.54, 1.807) is 0 Å². The van der Waals surface area contributed by atoms with Gasteiger partial charge < -0.3 is 19.4 Å². The van der Waals surface area contributed by atoms with E-state index in [0.29, 0.717) is 50.1 Å². The van der Waals surface area contributed by atoms with Gasteiger partial charge in [0.25, 0.3) is 5.91 Å². The number of halogens is 1. The van der Waals surface area contributed by atoms with Crippen molar-refractivity contribution in [1.29, 1.82) is 5.26 Å². The maximum absolute atomic E-state index is 14.1. The van der Waals surface area contributed by atoms with Gasteiger partial charge in [0.1, 0.15) is 12.4 Å². The zero-order chi connectivity index (χ0) is 32.9. The monoisotopic (exact) mass is 658 g/mol. The van der Waals surface area contributed by atoms with E-state index in [4.69, 9.17) is 14.7 Å². The minimum absolute atomic E-state index is 0.0547. The Labute approximate surface area is 280 Å². The van der Waals surface area contributed by atoms with Crippen molar-refractivity contribution in [3.63, 3.8) is 0 Å². The molecule has 2 aromatic heterocycles. The molecule has 4 atom stereocenters. The van der Waals surface area contributed by atoms with Crippen molar-refractivity contribution in [2.45, 2.75) is 87.8 Å². The molecule has 3 aromatic rings. The summed E-state index contributed by atoms with van der Waals surface area (Å²) in [5.41, 5.74) is 4.25. The van der Waals surface area contributed by atoms with E-state index < -0.39 is 18.1 Å². The number of carbonyl (C=O) groups is 1. The maximum Gasteiger partial charge on any atom is 0.318 e. The van der Waals surface area contributed by atoms with Crippen LogP contribution in [0.5, 0.6) is 6.01 Å². The second kappa shape index (κ2) is 12.7. The Kier molecular flexibility index (Phi) is 8.64. The number of hydrogen-bond acceptors (Lipinski definition) is 10. The molecule has 7 rings (SSSR count). The third-order valence-electron chi connectivity index (χ3n) is 10.7. The number of rotatable bonds is 9. The highest BCUT2D eigenvalue weighted by Gasteiger charge is 2.57. The van der Waals surface area contributed by atoms with Gasteiger partial charge in [-0.25, -0.2) is 4.39 Å². The number of carbonyl (C=O) groups excluding carboxylic acids is 1. The summed E-state index contributed by atoms with van der Waals surface area (Å²) in [6.07, 6.45) is 6.91. The van der Waals surface area contributed by atoms with Crippen LogP contribution in [0.4, 0.5) is 15.9 Å². The Balaban J connectivity index is 1.18. The van der Waals surface area contributed by atoms with Crippen LogP contribution in [-0.2, 0) is 17.8 Å². The molecule has 12 heteroatoms. The minimum Gasteiger partial charge on any atom is -0.462 e. The highest BCUT2D eigenvalue weighted by Crippen LogP contribution is 2.57. The van der Waals surface area contributed by atoms with Crippen LogP contribution in [0.3, 0.4) is 0 Å². The number of nitriles is 1. The van der Waals surface area contributed by atoms with Gasteiger partial charge in [0.05, 0.1) is 52.8 Å². The third kappa shape index (κ3) is 5.97. The minimum atomic E-state index is -1.61. The predicted molar refractivity (Wildman–Crippen MR) is 182 cm³/mol. The van der Waals surface area contributed by atoms with Gasteiger partial charge in [-0.2, -0.15) is 15.2 Å². The lowest BCUT2D eigenvalue weighted by Crippen LogP contribution is -2.57. The lowest BCUT2D eigenvalue weighted by Gasteiger charge is -2.42. The number of amides is 1. The van der Waals surface area contributed by atoms with Crippen LogP contribution >= 0.6 is 11.8 Å². The summed E-state index contributed by atoms with van der Waals surface area (Å²) in [6, 6.07) is 9.07. The van der Waals surface area contributed by atoms with E-state index in [2.05, 4.69) is 64.8 Å². The molecule has 0 N–H and O–H groups in total. The van der Waals surface area contributed by atoms with Crippen LogP contribution in [0.2, 0.25) is 0 Å². The molecule has 248 valence electrons. The topological polar surface area (TPSA) is 102 Å². The number of alkyl halides is 1. The smallest absolute Gasteiger partial charge is 0.318 e. The second-order valence-electron chi connectivity index (χ2n) is 13.5. The number of benzene rings is 1. The van der Waals surface area contributed by atoms with Gasteiger partial charge in [-0.1, -0.05) is 24.6 Å². The zero-order valence-electron chi connectivity index (χ0n) is 27.7. The van der Waals surface area contributed by atoms with E-state index >= 15 is 0 Å². The standard InChI is InChI=1S/C35H43FN8O2S/c1-22-7-5-8-24-17-38-18-29(31(22)24)42-14-12-27-28(20-42)39-34(46-21-30-35(3,47-30)41(4)25-9-6-10-25)40-32(27)43-15-16-44(33(45)23(2)36)26(19-43)11-13-37/h5,7-8,17-18,23,25-26,30H,6,9-12,14-16,19-21H2,1-4H3/t23?,26-,30?,35-/m0/s1. The van der Waals surface area contributed by atoms with E-state index in [1.165, 1.54) is 42.0 Å². The number of nitrogens with zero attached hydrogens (tertiary/aromatic N) is 8. The van der Waals surface area contributed by atoms with E-state index in [0.717, 1.165) is 41.1 Å². The van der Waals surface area contributed by atoms with Gasteiger partial charge in [-0.15, -0.1) is 11.8 Å². The van der Waals surface area contributed by atoms with Gasteiger partial charge in [-0.05, 0) is 52.6 Å². The molecule has 0 spiro atoms. The number of thioether (sulfide) groups is 1. The number of fused-ring (bicyclic) bond motifs is 2. The molecule has 0 bridgehead atoms. The van der Waals surface area contributed by atoms with Crippen molar-refractivity contribution in [3.8, 4) is 12.1 Å². The van der Waals surface area contributed by atoms with Crippen LogP contribution in [0.15, 0.2) is 30.6 Å². The number of hydrogen-bond donors (Lipinski definition) is 0. The van der Waals surface area contributed by atoms with E-state index in [9.17, 15) is 14.4 Å². The van der Waals surface area contributed by atoms with Crippen molar-refractivity contribution < 1.29 is 13.9 Å². The largest absolute Gasteiger partial charge is 0.462 e. The fourth-order valence-corrected chi connectivity index (χ4v) is 8.64. The molecule has 3 fully saturated rings. The van der Waals surface area contributed by atoms with Crippen LogP contribution in [0.25, 0.3) is 10.8 Å². The Hall–Kier alpha value is -3.69. The van der Waals surface area contributed by atoms with E-state index in [-0.39, 0.29) is 11.3 Å². The highest BCUT2D eigenvalue weighted by molar-refractivity contribution is 8.08. The van der Waals surface area contributed by atoms with Crippen molar-refractivity contribution in [1.82, 2.24) is 24.8 Å². The Morgan fingerprint density at radius 2 is 2.06 bits per heavy atom. The summed E-state index contributed by atoms with van der Waals surface area (Å²) in [5.74, 6) is 0.225. The van der Waals surface area contributed by atoms with Crippen molar-refractivity contribution >= 4 is 39.9 Å². The molecule has 3 aliphatic heterocycles. The molecule has 10 nitrogen and oxygen atoms in total. The Morgan fingerprint density at radius 1 is 1.23 bits per heavy atom. The molecule has 1 aromatic carbocycles. The van der Waals surface area contributed by atoms with Crippen molar-refractivity contribution in [3.05, 3.63) is 47.4 Å². The fraction of sp³-hybridized carbons (Fsp3) is 0.571. The third-order valence-corrected chi connectivity index (χ3v) is 12.4. The van der Waals surface area contributed by atoms with Crippen LogP contribution in [-0.4, -0.2) is 98.9 Å². The number of piperazine rings is 1. The second-order valence-corrected chi connectivity index (χ2v) is 15.2. The Morgan fingerprint density at radius 3 is 2.81 bits per heavy atom. The van der Waals surface area contributed by atoms with Gasteiger partial charge in [-0.3, -0.25) is 14.7 Å². The van der Waals surface area contributed by atoms with Crippen LogP contribution in [0, 0.1) is 18.3 Å². The molecule has 1 amide bonds. The number of aromatic nitrogens is 3. The van der Waals surface area contributed by atoms with Gasteiger partial charge >= 0.3 is 6.01 Å².